The fraction of sp³-hybridized carbons (Fsp3) is 0.375. The summed E-state index contributed by atoms with van der Waals surface area (Å²) in [5, 5.41) is 7.54. The van der Waals surface area contributed by atoms with E-state index in [0.29, 0.717) is 0 Å². The van der Waals surface area contributed by atoms with E-state index >= 15 is 0 Å². The smallest absolute Gasteiger partial charge is 0.269 e. The number of likely N-dealkylation sites (N-methyl/N-ethyl adjacent to an activating group) is 1. The molecule has 0 radical (unpaired) electrons. The van der Waals surface area contributed by atoms with Crippen molar-refractivity contribution in [2.45, 2.75) is 4.87 Å². The number of hydrogen-bond acceptors (Lipinski definition) is 4. The molecule has 0 spiro atoms. The fourth-order valence-electron chi connectivity index (χ4n) is 1.23. The first-order valence-corrected chi connectivity index (χ1v) is 5.72. The molecule has 0 aromatic heterocycles. The first-order valence-electron chi connectivity index (χ1n) is 4.17. The number of primary sulfonamides is 1. The molecule has 0 bridgehead atoms. The number of rotatable bonds is 2. The second-order valence-corrected chi connectivity index (χ2v) is 5.08. The predicted octanol–water partition coefficient (Wildman–Crippen LogP) is -1.27. The lowest BCUT2D eigenvalue weighted by molar-refractivity contribution is -0.130. The average Bonchev–Trinajstić information content (AvgIpc) is 2.16. The zero-order chi connectivity index (χ0) is 11.7. The van der Waals surface area contributed by atoms with E-state index in [2.05, 4.69) is 5.32 Å². The summed E-state index contributed by atoms with van der Waals surface area (Å²) in [6, 6.07) is 0. The van der Waals surface area contributed by atoms with E-state index in [0.717, 1.165) is 0 Å². The van der Waals surface area contributed by atoms with Crippen LogP contribution in [0, 0.1) is 0 Å². The molecule has 1 atom stereocenters. The molecule has 84 valence electrons. The molecule has 1 heterocycles. The molecule has 0 aromatic carbocycles. The third-order valence-electron chi connectivity index (χ3n) is 2.01. The van der Waals surface area contributed by atoms with Gasteiger partial charge >= 0.3 is 0 Å². The van der Waals surface area contributed by atoms with Gasteiger partial charge in [0.25, 0.3) is 10.8 Å². The molecule has 1 amide bonds. The number of hydrogen-bond donors (Lipinski definition) is 2. The minimum Gasteiger partial charge on any atom is -0.361 e. The molecule has 1 rings (SSSR count). The van der Waals surface area contributed by atoms with Gasteiger partial charge in [0.05, 0.1) is 0 Å². The standard InChI is InChI=1S/C8H13N3O3S/c1-11(2)7(12)8(15(9,13)14)5-3-4-6-10-8/h3-6,10H,1-2H3,(H2,9,13,14). The Kier molecular flexibility index (Phi) is 2.87. The van der Waals surface area contributed by atoms with Crippen LogP contribution in [0.4, 0.5) is 0 Å². The summed E-state index contributed by atoms with van der Waals surface area (Å²) in [5.74, 6) is -0.634. The van der Waals surface area contributed by atoms with Gasteiger partial charge in [0.15, 0.2) is 0 Å². The highest BCUT2D eigenvalue weighted by atomic mass is 32.2. The van der Waals surface area contributed by atoms with Crippen LogP contribution >= 0.6 is 0 Å². The minimum atomic E-state index is -4.07. The second kappa shape index (κ2) is 3.67. The molecule has 0 fully saturated rings. The van der Waals surface area contributed by atoms with E-state index in [1.54, 1.807) is 6.08 Å². The zero-order valence-corrected chi connectivity index (χ0v) is 9.28. The number of allylic oxidation sites excluding steroid dienone is 2. The number of nitrogens with two attached hydrogens (primary N) is 1. The van der Waals surface area contributed by atoms with Crippen LogP contribution in [-0.4, -0.2) is 38.2 Å². The Labute approximate surface area is 88.5 Å². The number of carbonyl (C=O) groups is 1. The number of dihydropyridines is 1. The molecule has 15 heavy (non-hydrogen) atoms. The Hall–Kier alpha value is -1.34. The Bertz CT molecular complexity index is 424. The molecule has 6 nitrogen and oxygen atoms in total. The van der Waals surface area contributed by atoms with Gasteiger partial charge in [-0.05, 0) is 18.4 Å². The topological polar surface area (TPSA) is 92.5 Å². The van der Waals surface area contributed by atoms with Crippen LogP contribution in [0.2, 0.25) is 0 Å². The van der Waals surface area contributed by atoms with Gasteiger partial charge in [0.1, 0.15) is 0 Å². The lowest BCUT2D eigenvalue weighted by atomic mass is 10.2. The fourth-order valence-corrected chi connectivity index (χ4v) is 2.16. The van der Waals surface area contributed by atoms with Gasteiger partial charge in [-0.15, -0.1) is 0 Å². The van der Waals surface area contributed by atoms with Crippen LogP contribution in [0.1, 0.15) is 0 Å². The van der Waals surface area contributed by atoms with Crippen molar-refractivity contribution in [3.05, 3.63) is 24.4 Å². The van der Waals surface area contributed by atoms with E-state index in [4.69, 9.17) is 5.14 Å². The van der Waals surface area contributed by atoms with Crippen molar-refractivity contribution in [2.75, 3.05) is 14.1 Å². The Morgan fingerprint density at radius 3 is 2.33 bits per heavy atom. The first-order chi connectivity index (χ1) is 6.81. The third-order valence-corrected chi connectivity index (χ3v) is 3.33. The van der Waals surface area contributed by atoms with Crippen molar-refractivity contribution in [3.63, 3.8) is 0 Å². The molecule has 3 N–H and O–H groups in total. The number of nitrogens with one attached hydrogen (secondary N) is 1. The van der Waals surface area contributed by atoms with Gasteiger partial charge in [0.2, 0.25) is 10.0 Å². The minimum absolute atomic E-state index is 0.634. The summed E-state index contributed by atoms with van der Waals surface area (Å²) in [5.41, 5.74) is 0. The van der Waals surface area contributed by atoms with Gasteiger partial charge in [-0.1, -0.05) is 6.08 Å². The molecular weight excluding hydrogens is 218 g/mol. The van der Waals surface area contributed by atoms with Crippen molar-refractivity contribution in [3.8, 4) is 0 Å². The van der Waals surface area contributed by atoms with Crippen LogP contribution in [0.15, 0.2) is 24.4 Å². The molecule has 0 saturated carbocycles. The van der Waals surface area contributed by atoms with Gasteiger partial charge in [-0.25, -0.2) is 13.6 Å². The number of amides is 1. The highest BCUT2D eigenvalue weighted by Crippen LogP contribution is 2.18. The monoisotopic (exact) mass is 231 g/mol. The summed E-state index contributed by atoms with van der Waals surface area (Å²) < 4.78 is 22.9. The summed E-state index contributed by atoms with van der Waals surface area (Å²) in [6.07, 6.45) is 5.63. The predicted molar refractivity (Wildman–Crippen MR) is 55.9 cm³/mol. The van der Waals surface area contributed by atoms with Gasteiger partial charge in [0, 0.05) is 14.1 Å². The van der Waals surface area contributed by atoms with Crippen LogP contribution < -0.4 is 10.5 Å². The highest BCUT2D eigenvalue weighted by molar-refractivity contribution is 7.91. The Balaban J connectivity index is 3.27. The molecular formula is C8H13N3O3S. The van der Waals surface area contributed by atoms with Crippen molar-refractivity contribution in [1.82, 2.24) is 10.2 Å². The number of carbonyl (C=O) groups excluding carboxylic acids is 1. The zero-order valence-electron chi connectivity index (χ0n) is 8.47. The van der Waals surface area contributed by atoms with E-state index < -0.39 is 20.8 Å². The van der Waals surface area contributed by atoms with E-state index in [1.165, 1.54) is 37.3 Å². The summed E-state index contributed by atoms with van der Waals surface area (Å²) >= 11 is 0. The van der Waals surface area contributed by atoms with Gasteiger partial charge in [-0.3, -0.25) is 4.79 Å². The van der Waals surface area contributed by atoms with Crippen LogP contribution in [0.25, 0.3) is 0 Å². The highest BCUT2D eigenvalue weighted by Gasteiger charge is 2.47. The van der Waals surface area contributed by atoms with Crippen LogP contribution in [0.3, 0.4) is 0 Å². The molecule has 1 aliphatic heterocycles. The molecule has 1 unspecified atom stereocenters. The largest absolute Gasteiger partial charge is 0.361 e. The lowest BCUT2D eigenvalue weighted by Crippen LogP contribution is -2.61. The van der Waals surface area contributed by atoms with Crippen molar-refractivity contribution in [1.29, 1.82) is 0 Å². The van der Waals surface area contributed by atoms with Crippen LogP contribution in [-0.2, 0) is 14.8 Å². The Morgan fingerprint density at radius 1 is 1.40 bits per heavy atom. The summed E-state index contributed by atoms with van der Waals surface area (Å²) in [4.78, 5) is 11.1. The molecule has 0 aliphatic carbocycles. The molecule has 7 heteroatoms. The van der Waals surface area contributed by atoms with E-state index in [1.807, 2.05) is 0 Å². The van der Waals surface area contributed by atoms with Crippen molar-refractivity contribution in [2.24, 2.45) is 5.14 Å². The maximum Gasteiger partial charge on any atom is 0.269 e. The molecule has 0 aromatic rings. The van der Waals surface area contributed by atoms with Crippen molar-refractivity contribution < 1.29 is 13.2 Å². The molecule has 1 aliphatic rings. The summed E-state index contributed by atoms with van der Waals surface area (Å²) in [6.45, 7) is 0. The lowest BCUT2D eigenvalue weighted by Gasteiger charge is -2.31. The van der Waals surface area contributed by atoms with Crippen molar-refractivity contribution >= 4 is 15.9 Å². The van der Waals surface area contributed by atoms with Gasteiger partial charge in [-0.2, -0.15) is 0 Å². The average molecular weight is 231 g/mol. The normalized spacial score (nSPS) is 24.7. The SMILES string of the molecule is CN(C)C(=O)C1(S(N)(=O)=O)C=CC=CN1. The van der Waals surface area contributed by atoms with E-state index in [-0.39, 0.29) is 0 Å². The molecule has 0 saturated heterocycles. The number of sulfonamides is 1. The van der Waals surface area contributed by atoms with E-state index in [9.17, 15) is 13.2 Å². The van der Waals surface area contributed by atoms with Gasteiger partial charge < -0.3 is 10.2 Å². The summed E-state index contributed by atoms with van der Waals surface area (Å²) in [7, 11) is -1.15. The quantitative estimate of drug-likeness (QED) is 0.620. The second-order valence-electron chi connectivity index (χ2n) is 3.34. The number of nitrogens with zero attached hydrogens (tertiary/aromatic N) is 1. The van der Waals surface area contributed by atoms with Crippen LogP contribution in [0.5, 0.6) is 0 Å². The third kappa shape index (κ3) is 1.88. The first kappa shape index (κ1) is 11.7. The maximum atomic E-state index is 11.8. The maximum absolute atomic E-state index is 11.8. The Morgan fingerprint density at radius 2 is 2.00 bits per heavy atom.